The molecular formula is C11H19ClN2O2S. The number of nitrogens with one attached hydrogen (secondary N) is 1. The first kappa shape index (κ1) is 16.4. The van der Waals surface area contributed by atoms with Gasteiger partial charge in [0.2, 0.25) is 10.0 Å². The Labute approximate surface area is 109 Å². The number of rotatable bonds is 5. The van der Waals surface area contributed by atoms with Gasteiger partial charge in [0, 0.05) is 13.1 Å². The molecule has 0 aliphatic rings. The van der Waals surface area contributed by atoms with Crippen molar-refractivity contribution in [3.05, 3.63) is 29.8 Å². The number of nitrogens with zero attached hydrogens (tertiary/aromatic N) is 1. The van der Waals surface area contributed by atoms with Crippen LogP contribution in [0.1, 0.15) is 5.56 Å². The third kappa shape index (κ3) is 5.50. The summed E-state index contributed by atoms with van der Waals surface area (Å²) in [7, 11) is 0.457. The molecule has 0 spiro atoms. The first-order chi connectivity index (χ1) is 7.42. The van der Waals surface area contributed by atoms with E-state index in [1.54, 1.807) is 24.3 Å². The summed E-state index contributed by atoms with van der Waals surface area (Å²) in [5.74, 6) is 0. The van der Waals surface area contributed by atoms with E-state index in [1.165, 1.54) is 0 Å². The third-order valence-electron chi connectivity index (χ3n) is 2.18. The van der Waals surface area contributed by atoms with Gasteiger partial charge in [-0.2, -0.15) is 0 Å². The van der Waals surface area contributed by atoms with Crippen LogP contribution in [0.3, 0.4) is 0 Å². The van der Waals surface area contributed by atoms with Gasteiger partial charge in [-0.1, -0.05) is 17.7 Å². The van der Waals surface area contributed by atoms with Crippen molar-refractivity contribution < 1.29 is 8.42 Å². The number of hydrogen-bond acceptors (Lipinski definition) is 3. The summed E-state index contributed by atoms with van der Waals surface area (Å²) in [6.07, 6.45) is 0. The van der Waals surface area contributed by atoms with Crippen LogP contribution in [0.15, 0.2) is 29.2 Å². The van der Waals surface area contributed by atoms with Crippen molar-refractivity contribution in [3.8, 4) is 0 Å². The molecule has 0 fully saturated rings. The van der Waals surface area contributed by atoms with Crippen LogP contribution in [0.2, 0.25) is 0 Å². The van der Waals surface area contributed by atoms with E-state index in [1.807, 2.05) is 25.9 Å². The maximum Gasteiger partial charge on any atom is 0.240 e. The standard InChI is InChI=1S/C11H18N2O2S.ClH/c1-10-4-6-11(7-5-10)16(14,15)12-8-9-13(2)3;/h4-7,12H,8-9H2,1-3H3;1H. The minimum absolute atomic E-state index is 0. The zero-order valence-electron chi connectivity index (χ0n) is 10.3. The Balaban J connectivity index is 0.00000256. The fourth-order valence-electron chi connectivity index (χ4n) is 1.20. The van der Waals surface area contributed by atoms with Crippen LogP contribution in [-0.4, -0.2) is 40.5 Å². The van der Waals surface area contributed by atoms with E-state index in [4.69, 9.17) is 0 Å². The number of halogens is 1. The first-order valence-corrected chi connectivity index (χ1v) is 6.61. The highest BCUT2D eigenvalue weighted by Crippen LogP contribution is 2.09. The summed E-state index contributed by atoms with van der Waals surface area (Å²) >= 11 is 0. The molecule has 0 saturated carbocycles. The predicted octanol–water partition coefficient (Wildman–Crippen LogP) is 1.26. The number of aryl methyl sites for hydroxylation is 1. The molecule has 4 nitrogen and oxygen atoms in total. The molecule has 0 atom stereocenters. The number of sulfonamides is 1. The van der Waals surface area contributed by atoms with Crippen LogP contribution in [0, 0.1) is 6.92 Å². The second kappa shape index (κ2) is 6.96. The van der Waals surface area contributed by atoms with Gasteiger partial charge in [0.05, 0.1) is 4.90 Å². The summed E-state index contributed by atoms with van der Waals surface area (Å²) in [5, 5.41) is 0. The van der Waals surface area contributed by atoms with Gasteiger partial charge in [0.25, 0.3) is 0 Å². The van der Waals surface area contributed by atoms with Crippen molar-refractivity contribution in [1.82, 2.24) is 9.62 Å². The van der Waals surface area contributed by atoms with E-state index in [0.717, 1.165) is 5.56 Å². The molecular weight excluding hydrogens is 260 g/mol. The second-order valence-corrected chi connectivity index (χ2v) is 5.78. The fourth-order valence-corrected chi connectivity index (χ4v) is 2.23. The Hall–Kier alpha value is -0.620. The van der Waals surface area contributed by atoms with Gasteiger partial charge < -0.3 is 4.90 Å². The third-order valence-corrected chi connectivity index (χ3v) is 3.66. The average molecular weight is 279 g/mol. The quantitative estimate of drug-likeness (QED) is 0.882. The van der Waals surface area contributed by atoms with Crippen molar-refractivity contribution in [1.29, 1.82) is 0 Å². The van der Waals surface area contributed by atoms with Crippen molar-refractivity contribution >= 4 is 22.4 Å². The molecule has 0 saturated heterocycles. The molecule has 0 aromatic heterocycles. The molecule has 6 heteroatoms. The van der Waals surface area contributed by atoms with Crippen LogP contribution in [0.4, 0.5) is 0 Å². The van der Waals surface area contributed by atoms with Crippen molar-refractivity contribution in [3.63, 3.8) is 0 Å². The molecule has 0 bridgehead atoms. The summed E-state index contributed by atoms with van der Waals surface area (Å²) in [6.45, 7) is 3.03. The Kier molecular flexibility index (Phi) is 6.70. The Morgan fingerprint density at radius 1 is 1.18 bits per heavy atom. The molecule has 0 aliphatic heterocycles. The molecule has 0 heterocycles. The molecule has 1 aromatic carbocycles. The smallest absolute Gasteiger partial charge is 0.240 e. The van der Waals surface area contributed by atoms with Gasteiger partial charge in [-0.15, -0.1) is 12.4 Å². The summed E-state index contributed by atoms with van der Waals surface area (Å²) in [6, 6.07) is 6.82. The Morgan fingerprint density at radius 2 is 1.71 bits per heavy atom. The largest absolute Gasteiger partial charge is 0.308 e. The van der Waals surface area contributed by atoms with Crippen LogP contribution in [0.5, 0.6) is 0 Å². The van der Waals surface area contributed by atoms with E-state index in [9.17, 15) is 8.42 Å². The number of benzene rings is 1. The average Bonchev–Trinajstić information content (AvgIpc) is 2.17. The predicted molar refractivity (Wildman–Crippen MR) is 72.2 cm³/mol. The Bertz CT molecular complexity index is 429. The molecule has 0 aliphatic carbocycles. The maximum atomic E-state index is 11.8. The van der Waals surface area contributed by atoms with Crippen molar-refractivity contribution in [2.24, 2.45) is 0 Å². The maximum absolute atomic E-state index is 11.8. The molecule has 1 aromatic rings. The van der Waals surface area contributed by atoms with Gasteiger partial charge in [-0.05, 0) is 33.2 Å². The summed E-state index contributed by atoms with van der Waals surface area (Å²) in [5.41, 5.74) is 1.05. The number of hydrogen-bond donors (Lipinski definition) is 1. The normalized spacial score (nSPS) is 11.3. The molecule has 0 unspecified atom stereocenters. The van der Waals surface area contributed by atoms with Crippen LogP contribution >= 0.6 is 12.4 Å². The Morgan fingerprint density at radius 3 is 2.18 bits per heavy atom. The summed E-state index contributed by atoms with van der Waals surface area (Å²) in [4.78, 5) is 2.24. The fraction of sp³-hybridized carbons (Fsp3) is 0.455. The van der Waals surface area contributed by atoms with Crippen LogP contribution in [-0.2, 0) is 10.0 Å². The van der Waals surface area contributed by atoms with Crippen molar-refractivity contribution in [2.45, 2.75) is 11.8 Å². The SMILES string of the molecule is Cc1ccc(S(=O)(=O)NCCN(C)C)cc1.Cl. The van der Waals surface area contributed by atoms with E-state index < -0.39 is 10.0 Å². The zero-order chi connectivity index (χ0) is 12.2. The van der Waals surface area contributed by atoms with Gasteiger partial charge in [0.15, 0.2) is 0 Å². The first-order valence-electron chi connectivity index (χ1n) is 5.13. The lowest BCUT2D eigenvalue weighted by Crippen LogP contribution is -2.31. The van der Waals surface area contributed by atoms with E-state index in [0.29, 0.717) is 18.0 Å². The second-order valence-electron chi connectivity index (χ2n) is 4.01. The molecule has 0 radical (unpaired) electrons. The van der Waals surface area contributed by atoms with Gasteiger partial charge >= 0.3 is 0 Å². The minimum Gasteiger partial charge on any atom is -0.308 e. The minimum atomic E-state index is -3.35. The van der Waals surface area contributed by atoms with Gasteiger partial charge in [-0.25, -0.2) is 13.1 Å². The van der Waals surface area contributed by atoms with E-state index in [-0.39, 0.29) is 12.4 Å². The van der Waals surface area contributed by atoms with Gasteiger partial charge in [-0.3, -0.25) is 0 Å². The molecule has 98 valence electrons. The molecule has 1 N–H and O–H groups in total. The van der Waals surface area contributed by atoms with Crippen LogP contribution in [0.25, 0.3) is 0 Å². The van der Waals surface area contributed by atoms with E-state index >= 15 is 0 Å². The van der Waals surface area contributed by atoms with Gasteiger partial charge in [0.1, 0.15) is 0 Å². The van der Waals surface area contributed by atoms with Crippen molar-refractivity contribution in [2.75, 3.05) is 27.2 Å². The summed E-state index contributed by atoms with van der Waals surface area (Å²) < 4.78 is 26.1. The monoisotopic (exact) mass is 278 g/mol. The van der Waals surface area contributed by atoms with E-state index in [2.05, 4.69) is 4.72 Å². The lowest BCUT2D eigenvalue weighted by molar-refractivity contribution is 0.412. The highest BCUT2D eigenvalue weighted by Gasteiger charge is 2.12. The highest BCUT2D eigenvalue weighted by molar-refractivity contribution is 7.89. The number of likely N-dealkylation sites (N-methyl/N-ethyl adjacent to an activating group) is 1. The lowest BCUT2D eigenvalue weighted by Gasteiger charge is -2.11. The zero-order valence-corrected chi connectivity index (χ0v) is 11.9. The topological polar surface area (TPSA) is 49.4 Å². The molecule has 0 amide bonds. The lowest BCUT2D eigenvalue weighted by atomic mass is 10.2. The molecule has 17 heavy (non-hydrogen) atoms. The molecule has 1 rings (SSSR count). The van der Waals surface area contributed by atoms with Crippen LogP contribution < -0.4 is 4.72 Å². The highest BCUT2D eigenvalue weighted by atomic mass is 35.5.